The van der Waals surface area contributed by atoms with E-state index in [1.165, 1.54) is 38.5 Å². The molecule has 2 aliphatic rings. The summed E-state index contributed by atoms with van der Waals surface area (Å²) in [4.78, 5) is 0. The zero-order chi connectivity index (χ0) is 13.7. The lowest BCUT2D eigenvalue weighted by atomic mass is 9.81. The van der Waals surface area contributed by atoms with Gasteiger partial charge in [0.15, 0.2) is 0 Å². The molecule has 0 heterocycles. The number of hydrogen-bond acceptors (Lipinski definition) is 1. The van der Waals surface area contributed by atoms with Gasteiger partial charge in [0.1, 0.15) is 0 Å². The summed E-state index contributed by atoms with van der Waals surface area (Å²) in [7, 11) is 0. The standard InChI is InChI=1S/C15H26F3N/c16-15(17,18)13-9-7-12(8-10-13)11-19-14-5-3-1-2-4-6-14/h12-14,19H,1-11H2. The molecule has 2 rings (SSSR count). The number of halogens is 3. The first kappa shape index (κ1) is 15.1. The van der Waals surface area contributed by atoms with Crippen molar-refractivity contribution < 1.29 is 13.2 Å². The maximum absolute atomic E-state index is 12.6. The molecule has 2 aliphatic carbocycles. The minimum absolute atomic E-state index is 0.334. The summed E-state index contributed by atoms with van der Waals surface area (Å²) in [6, 6.07) is 0.614. The first-order chi connectivity index (χ1) is 9.05. The van der Waals surface area contributed by atoms with Gasteiger partial charge >= 0.3 is 6.18 Å². The van der Waals surface area contributed by atoms with Gasteiger partial charge in [0, 0.05) is 6.04 Å². The SMILES string of the molecule is FC(F)(F)C1CCC(CNC2CCCCCC2)CC1. The van der Waals surface area contributed by atoms with E-state index in [1.807, 2.05) is 0 Å². The number of nitrogens with one attached hydrogen (secondary N) is 1. The Balaban J connectivity index is 1.65. The Morgan fingerprint density at radius 1 is 0.789 bits per heavy atom. The van der Waals surface area contributed by atoms with Crippen LogP contribution < -0.4 is 5.32 Å². The highest BCUT2D eigenvalue weighted by Gasteiger charge is 2.41. The molecule has 0 aromatic rings. The predicted octanol–water partition coefficient (Wildman–Crippen LogP) is 4.67. The third kappa shape index (κ3) is 4.97. The van der Waals surface area contributed by atoms with Crippen LogP contribution in [0.5, 0.6) is 0 Å². The summed E-state index contributed by atoms with van der Waals surface area (Å²) in [5.74, 6) is -0.580. The van der Waals surface area contributed by atoms with Gasteiger partial charge in [-0.05, 0) is 51.0 Å². The summed E-state index contributed by atoms with van der Waals surface area (Å²) in [5, 5.41) is 3.60. The van der Waals surface area contributed by atoms with Crippen LogP contribution in [0.4, 0.5) is 13.2 Å². The van der Waals surface area contributed by atoms with Crippen molar-refractivity contribution in [2.75, 3.05) is 6.54 Å². The predicted molar refractivity (Wildman–Crippen MR) is 71.0 cm³/mol. The fraction of sp³-hybridized carbons (Fsp3) is 1.00. The van der Waals surface area contributed by atoms with E-state index in [9.17, 15) is 13.2 Å². The van der Waals surface area contributed by atoms with Crippen LogP contribution in [0.1, 0.15) is 64.2 Å². The Hall–Kier alpha value is -0.250. The van der Waals surface area contributed by atoms with Gasteiger partial charge in [0.25, 0.3) is 0 Å². The second kappa shape index (κ2) is 6.96. The van der Waals surface area contributed by atoms with E-state index in [-0.39, 0.29) is 0 Å². The molecule has 2 fully saturated rings. The molecule has 0 bridgehead atoms. The molecular weight excluding hydrogens is 251 g/mol. The summed E-state index contributed by atoms with van der Waals surface area (Å²) in [5.41, 5.74) is 0. The van der Waals surface area contributed by atoms with E-state index in [2.05, 4.69) is 5.32 Å². The number of hydrogen-bond donors (Lipinski definition) is 1. The lowest BCUT2D eigenvalue weighted by Crippen LogP contribution is -2.36. The minimum Gasteiger partial charge on any atom is -0.314 e. The maximum atomic E-state index is 12.6. The molecule has 0 unspecified atom stereocenters. The average Bonchev–Trinajstić information content (AvgIpc) is 2.64. The van der Waals surface area contributed by atoms with Gasteiger partial charge in [0.2, 0.25) is 0 Å². The molecule has 0 radical (unpaired) electrons. The molecule has 0 atom stereocenters. The normalized spacial score (nSPS) is 31.1. The zero-order valence-corrected chi connectivity index (χ0v) is 11.6. The van der Waals surface area contributed by atoms with Gasteiger partial charge < -0.3 is 5.32 Å². The fourth-order valence-electron chi connectivity index (χ4n) is 3.51. The third-order valence-corrected chi connectivity index (χ3v) is 4.86. The van der Waals surface area contributed by atoms with Crippen molar-refractivity contribution in [3.63, 3.8) is 0 Å². The molecule has 1 nitrogen and oxygen atoms in total. The van der Waals surface area contributed by atoms with Gasteiger partial charge in [-0.25, -0.2) is 0 Å². The molecule has 0 aliphatic heterocycles. The van der Waals surface area contributed by atoms with Gasteiger partial charge in [0.05, 0.1) is 5.92 Å². The molecule has 0 aromatic carbocycles. The Morgan fingerprint density at radius 3 is 1.89 bits per heavy atom. The van der Waals surface area contributed by atoms with Crippen molar-refractivity contribution in [3.8, 4) is 0 Å². The lowest BCUT2D eigenvalue weighted by molar-refractivity contribution is -0.183. The maximum Gasteiger partial charge on any atom is 0.391 e. The Bertz CT molecular complexity index is 249. The smallest absolute Gasteiger partial charge is 0.314 e. The van der Waals surface area contributed by atoms with Crippen LogP contribution in [0.25, 0.3) is 0 Å². The highest BCUT2D eigenvalue weighted by atomic mass is 19.4. The van der Waals surface area contributed by atoms with E-state index >= 15 is 0 Å². The van der Waals surface area contributed by atoms with E-state index in [0.29, 0.717) is 24.8 Å². The second-order valence-corrected chi connectivity index (χ2v) is 6.36. The molecule has 4 heteroatoms. The first-order valence-electron chi connectivity index (χ1n) is 7.86. The molecular formula is C15H26F3N. The Labute approximate surface area is 114 Å². The van der Waals surface area contributed by atoms with Crippen LogP contribution in [0.2, 0.25) is 0 Å². The van der Waals surface area contributed by atoms with Crippen LogP contribution in [-0.2, 0) is 0 Å². The fourth-order valence-corrected chi connectivity index (χ4v) is 3.51. The number of alkyl halides is 3. The van der Waals surface area contributed by atoms with Crippen LogP contribution in [0.15, 0.2) is 0 Å². The molecule has 2 saturated carbocycles. The molecule has 0 saturated heterocycles. The minimum atomic E-state index is -3.97. The van der Waals surface area contributed by atoms with Crippen LogP contribution in [-0.4, -0.2) is 18.8 Å². The van der Waals surface area contributed by atoms with E-state index < -0.39 is 12.1 Å². The second-order valence-electron chi connectivity index (χ2n) is 6.36. The van der Waals surface area contributed by atoms with Crippen LogP contribution >= 0.6 is 0 Å². The lowest BCUT2D eigenvalue weighted by Gasteiger charge is -2.31. The number of rotatable bonds is 3. The van der Waals surface area contributed by atoms with Crippen LogP contribution in [0.3, 0.4) is 0 Å². The van der Waals surface area contributed by atoms with Gasteiger partial charge in [-0.1, -0.05) is 25.7 Å². The van der Waals surface area contributed by atoms with Gasteiger partial charge in [-0.15, -0.1) is 0 Å². The summed E-state index contributed by atoms with van der Waals surface area (Å²) < 4.78 is 37.7. The summed E-state index contributed by atoms with van der Waals surface area (Å²) in [6.45, 7) is 0.926. The van der Waals surface area contributed by atoms with E-state index in [0.717, 1.165) is 19.4 Å². The molecule has 19 heavy (non-hydrogen) atoms. The van der Waals surface area contributed by atoms with Crippen molar-refractivity contribution in [3.05, 3.63) is 0 Å². The summed E-state index contributed by atoms with van der Waals surface area (Å²) >= 11 is 0. The van der Waals surface area contributed by atoms with Crippen molar-refractivity contribution >= 4 is 0 Å². The first-order valence-corrected chi connectivity index (χ1v) is 7.86. The van der Waals surface area contributed by atoms with Crippen molar-refractivity contribution in [2.45, 2.75) is 76.4 Å². The van der Waals surface area contributed by atoms with E-state index in [4.69, 9.17) is 0 Å². The third-order valence-electron chi connectivity index (χ3n) is 4.86. The van der Waals surface area contributed by atoms with Gasteiger partial charge in [-0.2, -0.15) is 13.2 Å². The molecule has 1 N–H and O–H groups in total. The van der Waals surface area contributed by atoms with E-state index in [1.54, 1.807) is 0 Å². The Kier molecular flexibility index (Phi) is 5.55. The zero-order valence-electron chi connectivity index (χ0n) is 11.6. The highest BCUT2D eigenvalue weighted by Crippen LogP contribution is 2.39. The topological polar surface area (TPSA) is 12.0 Å². The quantitative estimate of drug-likeness (QED) is 0.739. The molecule has 0 amide bonds. The molecule has 0 spiro atoms. The average molecular weight is 277 g/mol. The van der Waals surface area contributed by atoms with Crippen molar-refractivity contribution in [1.29, 1.82) is 0 Å². The molecule has 0 aromatic heterocycles. The highest BCUT2D eigenvalue weighted by molar-refractivity contribution is 4.80. The summed E-state index contributed by atoms with van der Waals surface area (Å²) in [6.07, 6.45) is 5.96. The van der Waals surface area contributed by atoms with Crippen molar-refractivity contribution in [1.82, 2.24) is 5.32 Å². The van der Waals surface area contributed by atoms with Crippen LogP contribution in [0, 0.1) is 11.8 Å². The Morgan fingerprint density at radius 2 is 1.37 bits per heavy atom. The molecule has 112 valence electrons. The van der Waals surface area contributed by atoms with Crippen molar-refractivity contribution in [2.24, 2.45) is 11.8 Å². The monoisotopic (exact) mass is 277 g/mol. The van der Waals surface area contributed by atoms with Gasteiger partial charge in [-0.3, -0.25) is 0 Å². The largest absolute Gasteiger partial charge is 0.391 e.